The molecule has 2 rings (SSSR count). The smallest absolute Gasteiger partial charge is 0.251 e. The van der Waals surface area contributed by atoms with Crippen molar-refractivity contribution >= 4 is 11.8 Å². The van der Waals surface area contributed by atoms with Crippen LogP contribution in [0.25, 0.3) is 0 Å². The van der Waals surface area contributed by atoms with Gasteiger partial charge in [0.15, 0.2) is 0 Å². The number of hydrogen-bond donors (Lipinski definition) is 2. The lowest BCUT2D eigenvalue weighted by Gasteiger charge is -2.07. The lowest BCUT2D eigenvalue weighted by Crippen LogP contribution is -2.23. The fourth-order valence-electron chi connectivity index (χ4n) is 1.88. The number of benzene rings is 2. The Morgan fingerprint density at radius 3 is 2.00 bits per heavy atom. The van der Waals surface area contributed by atoms with Gasteiger partial charge in [0.1, 0.15) is 0 Å². The number of carbonyl (C=O) groups is 2. The fraction of sp³-hybridized carbons (Fsp3) is 0.176. The molecule has 2 N–H and O–H groups in total. The summed E-state index contributed by atoms with van der Waals surface area (Å²) < 4.78 is 0. The minimum absolute atomic E-state index is 0.0697. The van der Waals surface area contributed by atoms with Gasteiger partial charge in [0.25, 0.3) is 5.91 Å². The molecule has 0 heterocycles. The number of nitrogens with one attached hydrogen (secondary N) is 2. The molecule has 0 saturated heterocycles. The van der Waals surface area contributed by atoms with Crippen molar-refractivity contribution in [3.8, 4) is 0 Å². The summed E-state index contributed by atoms with van der Waals surface area (Å²) in [6.07, 6.45) is 0. The van der Waals surface area contributed by atoms with Gasteiger partial charge in [0.2, 0.25) is 5.91 Å². The Morgan fingerprint density at radius 2 is 1.38 bits per heavy atom. The third-order valence-corrected chi connectivity index (χ3v) is 3.05. The van der Waals surface area contributed by atoms with Crippen LogP contribution in [0.1, 0.15) is 28.4 Å². The molecule has 21 heavy (non-hydrogen) atoms. The standard InChI is InChI=1S/C17H18N2O2/c1-13(20)18-11-15-7-9-16(10-8-15)17(21)19-12-14-5-3-2-4-6-14/h2-10H,11-12H2,1H3,(H,18,20)(H,19,21). The summed E-state index contributed by atoms with van der Waals surface area (Å²) >= 11 is 0. The molecule has 0 radical (unpaired) electrons. The Labute approximate surface area is 124 Å². The van der Waals surface area contributed by atoms with E-state index in [2.05, 4.69) is 10.6 Å². The van der Waals surface area contributed by atoms with Crippen molar-refractivity contribution in [2.75, 3.05) is 0 Å². The first-order chi connectivity index (χ1) is 10.1. The maximum Gasteiger partial charge on any atom is 0.251 e. The first-order valence-corrected chi connectivity index (χ1v) is 6.80. The van der Waals surface area contributed by atoms with Crippen LogP contribution in [-0.4, -0.2) is 11.8 Å². The van der Waals surface area contributed by atoms with E-state index in [9.17, 15) is 9.59 Å². The monoisotopic (exact) mass is 282 g/mol. The molecule has 0 bridgehead atoms. The highest BCUT2D eigenvalue weighted by Gasteiger charge is 2.05. The van der Waals surface area contributed by atoms with E-state index >= 15 is 0 Å². The van der Waals surface area contributed by atoms with Crippen LogP contribution < -0.4 is 10.6 Å². The average Bonchev–Trinajstić information content (AvgIpc) is 2.52. The van der Waals surface area contributed by atoms with Gasteiger partial charge in [-0.2, -0.15) is 0 Å². The van der Waals surface area contributed by atoms with E-state index in [4.69, 9.17) is 0 Å². The summed E-state index contributed by atoms with van der Waals surface area (Å²) in [7, 11) is 0. The molecule has 2 aromatic carbocycles. The van der Waals surface area contributed by atoms with Crippen LogP contribution >= 0.6 is 0 Å². The topological polar surface area (TPSA) is 58.2 Å². The van der Waals surface area contributed by atoms with Crippen LogP contribution in [0.3, 0.4) is 0 Å². The average molecular weight is 282 g/mol. The van der Waals surface area contributed by atoms with Crippen LogP contribution in [0.5, 0.6) is 0 Å². The Bertz CT molecular complexity index is 606. The van der Waals surface area contributed by atoms with Crippen molar-refractivity contribution in [2.24, 2.45) is 0 Å². The second-order valence-corrected chi connectivity index (χ2v) is 4.77. The Balaban J connectivity index is 1.89. The number of rotatable bonds is 5. The van der Waals surface area contributed by atoms with Crippen molar-refractivity contribution in [1.82, 2.24) is 10.6 Å². The summed E-state index contributed by atoms with van der Waals surface area (Å²) in [6, 6.07) is 17.0. The molecule has 2 amide bonds. The second kappa shape index (κ2) is 7.24. The maximum atomic E-state index is 12.0. The lowest BCUT2D eigenvalue weighted by atomic mass is 10.1. The van der Waals surface area contributed by atoms with Gasteiger partial charge in [-0.1, -0.05) is 42.5 Å². The highest BCUT2D eigenvalue weighted by atomic mass is 16.2. The molecule has 2 aromatic rings. The Morgan fingerprint density at radius 1 is 0.810 bits per heavy atom. The molecular weight excluding hydrogens is 264 g/mol. The third-order valence-electron chi connectivity index (χ3n) is 3.05. The highest BCUT2D eigenvalue weighted by Crippen LogP contribution is 2.05. The molecule has 0 aliphatic carbocycles. The number of carbonyl (C=O) groups excluding carboxylic acids is 2. The first-order valence-electron chi connectivity index (χ1n) is 6.80. The molecular formula is C17H18N2O2. The van der Waals surface area contributed by atoms with Crippen LogP contribution in [-0.2, 0) is 17.9 Å². The van der Waals surface area contributed by atoms with E-state index in [-0.39, 0.29) is 11.8 Å². The van der Waals surface area contributed by atoms with Gasteiger partial charge in [-0.25, -0.2) is 0 Å². The van der Waals surface area contributed by atoms with E-state index in [1.54, 1.807) is 12.1 Å². The minimum atomic E-state index is -0.107. The van der Waals surface area contributed by atoms with Crippen LogP contribution in [0, 0.1) is 0 Å². The summed E-state index contributed by atoms with van der Waals surface area (Å²) in [5.41, 5.74) is 2.63. The molecule has 4 heteroatoms. The Kier molecular flexibility index (Phi) is 5.10. The number of hydrogen-bond acceptors (Lipinski definition) is 2. The molecule has 0 aliphatic rings. The summed E-state index contributed by atoms with van der Waals surface area (Å²) in [5.74, 6) is -0.176. The van der Waals surface area contributed by atoms with Crippen LogP contribution in [0.4, 0.5) is 0 Å². The normalized spacial score (nSPS) is 9.95. The summed E-state index contributed by atoms with van der Waals surface area (Å²) in [4.78, 5) is 22.9. The molecule has 0 spiro atoms. The number of amides is 2. The van der Waals surface area contributed by atoms with Crippen LogP contribution in [0.15, 0.2) is 54.6 Å². The van der Waals surface area contributed by atoms with E-state index in [1.807, 2.05) is 42.5 Å². The van der Waals surface area contributed by atoms with E-state index < -0.39 is 0 Å². The molecule has 0 aliphatic heterocycles. The highest BCUT2D eigenvalue weighted by molar-refractivity contribution is 5.94. The van der Waals surface area contributed by atoms with Gasteiger partial charge in [0.05, 0.1) is 0 Å². The second-order valence-electron chi connectivity index (χ2n) is 4.77. The SMILES string of the molecule is CC(=O)NCc1ccc(C(=O)NCc2ccccc2)cc1. The van der Waals surface area contributed by atoms with Crippen molar-refractivity contribution in [3.05, 3.63) is 71.3 Å². The molecule has 0 atom stereocenters. The third kappa shape index (κ3) is 4.76. The van der Waals surface area contributed by atoms with Gasteiger partial charge < -0.3 is 10.6 Å². The van der Waals surface area contributed by atoms with E-state index in [0.29, 0.717) is 18.7 Å². The predicted octanol–water partition coefficient (Wildman–Crippen LogP) is 2.25. The van der Waals surface area contributed by atoms with E-state index in [1.165, 1.54) is 6.92 Å². The predicted molar refractivity (Wildman–Crippen MR) is 81.6 cm³/mol. The molecule has 108 valence electrons. The van der Waals surface area contributed by atoms with Crippen molar-refractivity contribution in [2.45, 2.75) is 20.0 Å². The summed E-state index contributed by atoms with van der Waals surface area (Å²) in [5, 5.41) is 5.59. The summed E-state index contributed by atoms with van der Waals surface area (Å²) in [6.45, 7) is 2.46. The zero-order valence-electron chi connectivity index (χ0n) is 11.9. The van der Waals surface area contributed by atoms with Gasteiger partial charge in [0, 0.05) is 25.6 Å². The maximum absolute atomic E-state index is 12.0. The Hall–Kier alpha value is -2.62. The molecule has 0 unspecified atom stereocenters. The molecule has 0 saturated carbocycles. The van der Waals surface area contributed by atoms with Crippen LogP contribution in [0.2, 0.25) is 0 Å². The van der Waals surface area contributed by atoms with E-state index in [0.717, 1.165) is 11.1 Å². The molecule has 0 fully saturated rings. The van der Waals surface area contributed by atoms with Gasteiger partial charge >= 0.3 is 0 Å². The van der Waals surface area contributed by atoms with Gasteiger partial charge in [-0.3, -0.25) is 9.59 Å². The van der Waals surface area contributed by atoms with Crippen molar-refractivity contribution < 1.29 is 9.59 Å². The fourth-order valence-corrected chi connectivity index (χ4v) is 1.88. The zero-order chi connectivity index (χ0) is 15.1. The minimum Gasteiger partial charge on any atom is -0.352 e. The van der Waals surface area contributed by atoms with Crippen molar-refractivity contribution in [3.63, 3.8) is 0 Å². The quantitative estimate of drug-likeness (QED) is 0.883. The molecule has 0 aromatic heterocycles. The van der Waals surface area contributed by atoms with Gasteiger partial charge in [-0.05, 0) is 23.3 Å². The largest absolute Gasteiger partial charge is 0.352 e. The zero-order valence-corrected chi connectivity index (χ0v) is 11.9. The van der Waals surface area contributed by atoms with Gasteiger partial charge in [-0.15, -0.1) is 0 Å². The molecule has 4 nitrogen and oxygen atoms in total. The lowest BCUT2D eigenvalue weighted by molar-refractivity contribution is -0.119. The van der Waals surface area contributed by atoms with Crippen molar-refractivity contribution in [1.29, 1.82) is 0 Å². The first kappa shape index (κ1) is 14.8.